The fourth-order valence-corrected chi connectivity index (χ4v) is 3.19. The van der Waals surface area contributed by atoms with Crippen LogP contribution in [0.25, 0.3) is 15.5 Å². The summed E-state index contributed by atoms with van der Waals surface area (Å²) in [6.45, 7) is 1.98. The number of nitrogens with one attached hydrogen (secondary N) is 1. The van der Waals surface area contributed by atoms with E-state index in [1.165, 1.54) is 22.9 Å². The van der Waals surface area contributed by atoms with E-state index in [-0.39, 0.29) is 0 Å². The zero-order valence-corrected chi connectivity index (χ0v) is 10.3. The predicted octanol–water partition coefficient (Wildman–Crippen LogP) is 1.66. The Morgan fingerprint density at radius 2 is 2.31 bits per heavy atom. The molecule has 1 N–H and O–H groups in total. The molecule has 0 amide bonds. The summed E-state index contributed by atoms with van der Waals surface area (Å²) >= 11 is 2.95. The molecule has 3 rings (SSSR count). The lowest BCUT2D eigenvalue weighted by Gasteiger charge is -1.97. The van der Waals surface area contributed by atoms with Crippen LogP contribution in [0.5, 0.6) is 0 Å². The number of anilines is 1. The second-order valence-electron chi connectivity index (χ2n) is 3.19. The molecule has 0 aliphatic carbocycles. The van der Waals surface area contributed by atoms with Crippen molar-refractivity contribution in [3.8, 4) is 10.6 Å². The zero-order chi connectivity index (χ0) is 11.1. The maximum Gasteiger partial charge on any atom is 0.234 e. The number of hydrogen-bond donors (Lipinski definition) is 1. The molecule has 0 saturated carbocycles. The number of aromatic nitrogens is 5. The normalized spacial score (nSPS) is 11.1. The Labute approximate surface area is 99.1 Å². The quantitative estimate of drug-likeness (QED) is 0.751. The second-order valence-corrected chi connectivity index (χ2v) is 4.92. The fourth-order valence-electron chi connectivity index (χ4n) is 1.45. The smallest absolute Gasteiger partial charge is 0.234 e. The van der Waals surface area contributed by atoms with Crippen LogP contribution < -0.4 is 5.32 Å². The van der Waals surface area contributed by atoms with E-state index in [0.29, 0.717) is 0 Å². The van der Waals surface area contributed by atoms with Gasteiger partial charge in [0.05, 0.1) is 11.3 Å². The summed E-state index contributed by atoms with van der Waals surface area (Å²) in [7, 11) is 1.89. The molecule has 82 valence electrons. The van der Waals surface area contributed by atoms with Crippen LogP contribution in [0.15, 0.2) is 6.33 Å². The van der Waals surface area contributed by atoms with Crippen molar-refractivity contribution >= 4 is 32.8 Å². The van der Waals surface area contributed by atoms with Gasteiger partial charge in [-0.05, 0) is 18.5 Å². The first kappa shape index (κ1) is 9.67. The van der Waals surface area contributed by atoms with Crippen LogP contribution in [-0.2, 0) is 0 Å². The van der Waals surface area contributed by atoms with Gasteiger partial charge in [0.25, 0.3) is 0 Å². The molecule has 16 heavy (non-hydrogen) atoms. The van der Waals surface area contributed by atoms with E-state index in [9.17, 15) is 0 Å². The molecule has 0 saturated heterocycles. The van der Waals surface area contributed by atoms with Crippen molar-refractivity contribution in [1.29, 1.82) is 0 Å². The molecule has 3 heterocycles. The van der Waals surface area contributed by atoms with Gasteiger partial charge < -0.3 is 5.32 Å². The Balaban J connectivity index is 2.21. The molecule has 0 bridgehead atoms. The highest BCUT2D eigenvalue weighted by Crippen LogP contribution is 2.36. The SMILES string of the molecule is CNc1snc(C)c1-c1nn2cnnc2s1. The van der Waals surface area contributed by atoms with Gasteiger partial charge in [0.15, 0.2) is 5.01 Å². The Kier molecular flexibility index (Phi) is 2.11. The highest BCUT2D eigenvalue weighted by molar-refractivity contribution is 7.20. The van der Waals surface area contributed by atoms with Crippen LogP contribution in [0, 0.1) is 6.92 Å². The summed E-state index contributed by atoms with van der Waals surface area (Å²) in [5.74, 6) is 0. The van der Waals surface area contributed by atoms with Gasteiger partial charge in [0.2, 0.25) is 4.96 Å². The van der Waals surface area contributed by atoms with E-state index in [1.54, 1.807) is 10.8 Å². The lowest BCUT2D eigenvalue weighted by atomic mass is 10.2. The highest BCUT2D eigenvalue weighted by Gasteiger charge is 2.16. The zero-order valence-electron chi connectivity index (χ0n) is 8.63. The van der Waals surface area contributed by atoms with Crippen molar-refractivity contribution in [2.45, 2.75) is 6.92 Å². The molecule has 3 aromatic heterocycles. The van der Waals surface area contributed by atoms with E-state index in [4.69, 9.17) is 0 Å². The Morgan fingerprint density at radius 1 is 1.44 bits per heavy atom. The summed E-state index contributed by atoms with van der Waals surface area (Å²) < 4.78 is 6.00. The van der Waals surface area contributed by atoms with Crippen LogP contribution in [0.1, 0.15) is 5.69 Å². The summed E-state index contributed by atoms with van der Waals surface area (Å²) in [6, 6.07) is 0. The Morgan fingerprint density at radius 3 is 3.06 bits per heavy atom. The lowest BCUT2D eigenvalue weighted by Crippen LogP contribution is -1.89. The van der Waals surface area contributed by atoms with Crippen LogP contribution in [0.4, 0.5) is 5.00 Å². The van der Waals surface area contributed by atoms with Crippen LogP contribution >= 0.6 is 22.9 Å². The minimum Gasteiger partial charge on any atom is -0.378 e. The molecular weight excluding hydrogens is 244 g/mol. The molecule has 0 unspecified atom stereocenters. The van der Waals surface area contributed by atoms with Crippen molar-refractivity contribution in [3.63, 3.8) is 0 Å². The summed E-state index contributed by atoms with van der Waals surface area (Å²) in [5, 5.41) is 17.2. The molecule has 0 spiro atoms. The third-order valence-electron chi connectivity index (χ3n) is 2.19. The van der Waals surface area contributed by atoms with Gasteiger partial charge in [-0.1, -0.05) is 11.3 Å². The van der Waals surface area contributed by atoms with E-state index in [1.807, 2.05) is 14.0 Å². The first-order valence-corrected chi connectivity index (χ1v) is 6.20. The van der Waals surface area contributed by atoms with E-state index in [0.717, 1.165) is 26.2 Å². The average molecular weight is 252 g/mol. The number of hydrogen-bond acceptors (Lipinski definition) is 7. The molecule has 6 nitrogen and oxygen atoms in total. The van der Waals surface area contributed by atoms with Gasteiger partial charge in [0.1, 0.15) is 11.3 Å². The monoisotopic (exact) mass is 252 g/mol. The number of nitrogens with zero attached hydrogens (tertiary/aromatic N) is 5. The number of fused-ring (bicyclic) bond motifs is 1. The summed E-state index contributed by atoms with van der Waals surface area (Å²) in [5.41, 5.74) is 2.04. The summed E-state index contributed by atoms with van der Waals surface area (Å²) in [6.07, 6.45) is 1.60. The van der Waals surface area contributed by atoms with Crippen molar-refractivity contribution in [3.05, 3.63) is 12.0 Å². The van der Waals surface area contributed by atoms with Crippen molar-refractivity contribution in [1.82, 2.24) is 24.2 Å². The predicted molar refractivity (Wildman–Crippen MR) is 64.1 cm³/mol. The first-order chi connectivity index (χ1) is 7.79. The highest BCUT2D eigenvalue weighted by atomic mass is 32.1. The van der Waals surface area contributed by atoms with Crippen molar-refractivity contribution in [2.24, 2.45) is 0 Å². The van der Waals surface area contributed by atoms with Gasteiger partial charge in [-0.25, -0.2) is 0 Å². The first-order valence-electron chi connectivity index (χ1n) is 4.61. The third-order valence-corrected chi connectivity index (χ3v) is 4.08. The summed E-state index contributed by atoms with van der Waals surface area (Å²) in [4.78, 5) is 0.794. The van der Waals surface area contributed by atoms with Gasteiger partial charge in [-0.3, -0.25) is 0 Å². The van der Waals surface area contributed by atoms with Crippen LogP contribution in [-0.4, -0.2) is 31.2 Å². The third kappa shape index (κ3) is 1.30. The van der Waals surface area contributed by atoms with E-state index >= 15 is 0 Å². The Hall–Kier alpha value is -1.54. The van der Waals surface area contributed by atoms with Crippen molar-refractivity contribution in [2.75, 3.05) is 12.4 Å². The van der Waals surface area contributed by atoms with Gasteiger partial charge in [-0.15, -0.1) is 10.2 Å². The van der Waals surface area contributed by atoms with Gasteiger partial charge >= 0.3 is 0 Å². The topological polar surface area (TPSA) is 68.0 Å². The second kappa shape index (κ2) is 3.49. The molecule has 0 radical (unpaired) electrons. The maximum absolute atomic E-state index is 4.42. The van der Waals surface area contributed by atoms with E-state index < -0.39 is 0 Å². The Bertz CT molecular complexity index is 607. The molecule has 8 heteroatoms. The molecule has 0 aliphatic rings. The lowest BCUT2D eigenvalue weighted by molar-refractivity contribution is 0.959. The number of rotatable bonds is 2. The molecule has 3 aromatic rings. The van der Waals surface area contributed by atoms with Crippen molar-refractivity contribution < 1.29 is 0 Å². The number of aryl methyl sites for hydroxylation is 1. The average Bonchev–Trinajstić information content (AvgIpc) is 2.89. The van der Waals surface area contributed by atoms with Crippen LogP contribution in [0.3, 0.4) is 0 Å². The minimum atomic E-state index is 0.794. The molecule has 0 atom stereocenters. The van der Waals surface area contributed by atoms with Crippen LogP contribution in [0.2, 0.25) is 0 Å². The minimum absolute atomic E-state index is 0.794. The largest absolute Gasteiger partial charge is 0.378 e. The molecular formula is C8H8N6S2. The maximum atomic E-state index is 4.42. The van der Waals surface area contributed by atoms with E-state index in [2.05, 4.69) is 25.0 Å². The molecule has 0 aromatic carbocycles. The van der Waals surface area contributed by atoms with Gasteiger partial charge in [-0.2, -0.15) is 14.0 Å². The standard InChI is InChI=1S/C8H8N6S2/c1-4-5(6(9-2)16-13-4)7-12-14-3-10-11-8(14)15-7/h3,9H,1-2H3. The fraction of sp³-hybridized carbons (Fsp3) is 0.250. The van der Waals surface area contributed by atoms with Gasteiger partial charge in [0, 0.05) is 7.05 Å². The molecule has 0 fully saturated rings. The molecule has 0 aliphatic heterocycles.